The summed E-state index contributed by atoms with van der Waals surface area (Å²) in [6.45, 7) is 0. The van der Waals surface area contributed by atoms with Crippen LogP contribution >= 0.6 is 54.8 Å². The Labute approximate surface area is 124 Å². The molecule has 0 fully saturated rings. The predicted molar refractivity (Wildman–Crippen MR) is 79.0 cm³/mol. The maximum atomic E-state index is 12.2. The molecule has 0 aliphatic carbocycles. The smallest absolute Gasteiger partial charge is 0.205 e. The Morgan fingerprint density at radius 2 is 2.00 bits per heavy atom. The van der Waals surface area contributed by atoms with Crippen molar-refractivity contribution in [2.24, 2.45) is 0 Å². The minimum Gasteiger partial charge on any atom is -0.398 e. The van der Waals surface area contributed by atoms with E-state index in [2.05, 4.69) is 31.9 Å². The van der Waals surface area contributed by atoms with Gasteiger partial charge in [-0.25, -0.2) is 0 Å². The van der Waals surface area contributed by atoms with Crippen LogP contribution in [0.3, 0.4) is 0 Å². The Bertz CT molecular complexity index is 578. The van der Waals surface area contributed by atoms with Crippen molar-refractivity contribution in [2.45, 2.75) is 0 Å². The first-order valence-corrected chi connectivity index (χ1v) is 7.31. The van der Waals surface area contributed by atoms with Gasteiger partial charge in [-0.05, 0) is 56.1 Å². The first kappa shape index (κ1) is 13.1. The van der Waals surface area contributed by atoms with Crippen LogP contribution in [-0.4, -0.2) is 5.78 Å². The van der Waals surface area contributed by atoms with E-state index in [1.165, 1.54) is 11.3 Å². The minimum atomic E-state index is -0.101. The van der Waals surface area contributed by atoms with Crippen LogP contribution in [0.15, 0.2) is 32.5 Å². The number of carbonyl (C=O) groups is 1. The van der Waals surface area contributed by atoms with Gasteiger partial charge >= 0.3 is 0 Å². The maximum absolute atomic E-state index is 12.2. The zero-order chi connectivity index (χ0) is 12.6. The molecular formula is C11H6Br2ClNOS. The normalized spacial score (nSPS) is 10.5. The average molecular weight is 396 g/mol. The van der Waals surface area contributed by atoms with Crippen LogP contribution in [0.25, 0.3) is 0 Å². The lowest BCUT2D eigenvalue weighted by molar-refractivity contribution is 0.104. The molecule has 0 atom stereocenters. The van der Waals surface area contributed by atoms with Gasteiger partial charge in [-0.15, -0.1) is 11.3 Å². The molecule has 2 rings (SSSR count). The maximum Gasteiger partial charge on any atom is 0.205 e. The summed E-state index contributed by atoms with van der Waals surface area (Å²) in [6, 6.07) is 6.64. The van der Waals surface area contributed by atoms with E-state index < -0.39 is 0 Å². The number of hydrogen-bond acceptors (Lipinski definition) is 3. The van der Waals surface area contributed by atoms with Crippen molar-refractivity contribution in [3.63, 3.8) is 0 Å². The van der Waals surface area contributed by atoms with E-state index in [9.17, 15) is 4.79 Å². The third-order valence-corrected chi connectivity index (χ3v) is 5.62. The highest BCUT2D eigenvalue weighted by Crippen LogP contribution is 2.34. The van der Waals surface area contributed by atoms with Gasteiger partial charge in [0.25, 0.3) is 0 Å². The first-order chi connectivity index (χ1) is 7.99. The predicted octanol–water partition coefficient (Wildman–Crippen LogP) is 4.74. The number of carbonyl (C=O) groups excluding carboxylic acids is 1. The van der Waals surface area contributed by atoms with E-state index in [0.29, 0.717) is 21.2 Å². The number of hydrogen-bond donors (Lipinski definition) is 1. The monoisotopic (exact) mass is 393 g/mol. The number of rotatable bonds is 2. The Morgan fingerprint density at radius 3 is 2.53 bits per heavy atom. The van der Waals surface area contributed by atoms with Gasteiger partial charge in [0.2, 0.25) is 5.78 Å². The van der Waals surface area contributed by atoms with Crippen molar-refractivity contribution in [1.82, 2.24) is 0 Å². The second kappa shape index (κ2) is 5.10. The zero-order valence-corrected chi connectivity index (χ0v) is 13.1. The van der Waals surface area contributed by atoms with Crippen molar-refractivity contribution in [2.75, 3.05) is 5.73 Å². The van der Waals surface area contributed by atoms with E-state index in [4.69, 9.17) is 17.3 Å². The molecule has 1 heterocycles. The van der Waals surface area contributed by atoms with Crippen molar-refractivity contribution in [1.29, 1.82) is 0 Å². The van der Waals surface area contributed by atoms with Gasteiger partial charge in [0, 0.05) is 20.7 Å². The fraction of sp³-hybridized carbons (Fsp3) is 0. The topological polar surface area (TPSA) is 43.1 Å². The molecule has 17 heavy (non-hydrogen) atoms. The van der Waals surface area contributed by atoms with E-state index in [-0.39, 0.29) is 5.78 Å². The number of nitrogens with two attached hydrogens (primary N) is 1. The summed E-state index contributed by atoms with van der Waals surface area (Å²) in [7, 11) is 0. The molecule has 0 radical (unpaired) electrons. The second-order valence-corrected chi connectivity index (χ2v) is 6.95. The molecule has 2 aromatic rings. The fourth-order valence-electron chi connectivity index (χ4n) is 1.33. The van der Waals surface area contributed by atoms with Crippen LogP contribution in [0.4, 0.5) is 5.69 Å². The average Bonchev–Trinajstić information content (AvgIpc) is 2.58. The highest BCUT2D eigenvalue weighted by molar-refractivity contribution is 9.13. The highest BCUT2D eigenvalue weighted by atomic mass is 79.9. The molecule has 1 aromatic carbocycles. The Kier molecular flexibility index (Phi) is 3.92. The third kappa shape index (κ3) is 2.73. The van der Waals surface area contributed by atoms with E-state index >= 15 is 0 Å². The van der Waals surface area contributed by atoms with Gasteiger partial charge in [0.05, 0.1) is 8.66 Å². The molecule has 0 amide bonds. The number of ketones is 1. The largest absolute Gasteiger partial charge is 0.398 e. The van der Waals surface area contributed by atoms with Crippen LogP contribution < -0.4 is 5.73 Å². The van der Waals surface area contributed by atoms with Gasteiger partial charge in [0.15, 0.2) is 0 Å². The summed E-state index contributed by atoms with van der Waals surface area (Å²) in [5.41, 5.74) is 6.64. The molecule has 0 saturated heterocycles. The van der Waals surface area contributed by atoms with Crippen LogP contribution in [-0.2, 0) is 0 Å². The Hall–Kier alpha value is -0.360. The number of benzene rings is 1. The molecule has 0 unspecified atom stereocenters. The molecule has 1 aromatic heterocycles. The van der Waals surface area contributed by atoms with Gasteiger partial charge in [-0.2, -0.15) is 0 Å². The van der Waals surface area contributed by atoms with Crippen molar-refractivity contribution in [3.05, 3.63) is 48.0 Å². The lowest BCUT2D eigenvalue weighted by Crippen LogP contribution is -2.03. The van der Waals surface area contributed by atoms with Gasteiger partial charge in [0.1, 0.15) is 0 Å². The van der Waals surface area contributed by atoms with Crippen LogP contribution in [0.1, 0.15) is 15.2 Å². The van der Waals surface area contributed by atoms with Crippen molar-refractivity contribution >= 4 is 66.3 Å². The first-order valence-electron chi connectivity index (χ1n) is 4.53. The molecule has 0 aliphatic heterocycles. The lowest BCUT2D eigenvalue weighted by Gasteiger charge is -2.03. The number of thiophene rings is 1. The van der Waals surface area contributed by atoms with Crippen LogP contribution in [0, 0.1) is 0 Å². The molecular weight excluding hydrogens is 389 g/mol. The van der Waals surface area contributed by atoms with E-state index in [0.717, 1.165) is 8.26 Å². The molecule has 0 saturated carbocycles. The van der Waals surface area contributed by atoms with Crippen molar-refractivity contribution < 1.29 is 4.79 Å². The number of halogens is 3. The van der Waals surface area contributed by atoms with E-state index in [1.807, 2.05) is 0 Å². The fourth-order valence-corrected chi connectivity index (χ4v) is 3.50. The van der Waals surface area contributed by atoms with Crippen LogP contribution in [0.5, 0.6) is 0 Å². The van der Waals surface area contributed by atoms with Gasteiger partial charge in [-0.1, -0.05) is 11.6 Å². The second-order valence-electron chi connectivity index (χ2n) is 3.29. The molecule has 2 N–H and O–H groups in total. The molecule has 0 spiro atoms. The SMILES string of the molecule is Nc1cc(Cl)ccc1C(=O)c1cc(Br)c(Br)s1. The molecule has 6 heteroatoms. The zero-order valence-electron chi connectivity index (χ0n) is 8.34. The quantitative estimate of drug-likeness (QED) is 0.590. The summed E-state index contributed by atoms with van der Waals surface area (Å²) >= 11 is 13.9. The lowest BCUT2D eigenvalue weighted by atomic mass is 10.1. The van der Waals surface area contributed by atoms with Gasteiger partial charge in [-0.3, -0.25) is 4.79 Å². The van der Waals surface area contributed by atoms with Gasteiger partial charge < -0.3 is 5.73 Å². The third-order valence-electron chi connectivity index (χ3n) is 2.13. The molecule has 0 bridgehead atoms. The molecule has 2 nitrogen and oxygen atoms in total. The minimum absolute atomic E-state index is 0.101. The molecule has 0 aliphatic rings. The van der Waals surface area contributed by atoms with Crippen LogP contribution in [0.2, 0.25) is 5.02 Å². The Balaban J connectivity index is 2.43. The number of nitrogen functional groups attached to an aromatic ring is 1. The Morgan fingerprint density at radius 1 is 1.29 bits per heavy atom. The summed E-state index contributed by atoms with van der Waals surface area (Å²) in [6.07, 6.45) is 0. The van der Waals surface area contributed by atoms with Crippen molar-refractivity contribution in [3.8, 4) is 0 Å². The summed E-state index contributed by atoms with van der Waals surface area (Å²) in [4.78, 5) is 12.8. The molecule has 88 valence electrons. The summed E-state index contributed by atoms with van der Waals surface area (Å²) < 4.78 is 1.74. The highest BCUT2D eigenvalue weighted by Gasteiger charge is 2.16. The summed E-state index contributed by atoms with van der Waals surface area (Å²) in [5.74, 6) is -0.101. The standard InChI is InChI=1S/C11H6Br2ClNOS/c12-7-4-9(17-11(7)13)10(16)6-2-1-5(14)3-8(6)15/h1-4H,15H2. The van der Waals surface area contributed by atoms with E-state index in [1.54, 1.807) is 24.3 Å². The number of anilines is 1. The summed E-state index contributed by atoms with van der Waals surface area (Å²) in [5, 5.41) is 0.521.